The van der Waals surface area contributed by atoms with Crippen molar-refractivity contribution in [3.8, 4) is 17.6 Å². The Morgan fingerprint density at radius 2 is 1.87 bits per heavy atom. The maximum atomic E-state index is 15.1. The molecule has 0 radical (unpaired) electrons. The lowest BCUT2D eigenvalue weighted by Gasteiger charge is -2.13. The molecule has 0 saturated heterocycles. The quantitative estimate of drug-likeness (QED) is 0.234. The molecule has 0 fully saturated rings. The first kappa shape index (κ1) is 31.7. The Labute approximate surface area is 234 Å². The molecule has 8 nitrogen and oxygen atoms in total. The summed E-state index contributed by atoms with van der Waals surface area (Å²) in [5.41, 5.74) is 0.510. The molecule has 0 unspecified atom stereocenters. The lowest BCUT2D eigenvalue weighted by Crippen LogP contribution is -2.24. The number of nitrogens with zero attached hydrogens (tertiary/aromatic N) is 2. The topological polar surface area (TPSA) is 128 Å². The highest BCUT2D eigenvalue weighted by molar-refractivity contribution is 6.32. The van der Waals surface area contributed by atoms with E-state index in [0.717, 1.165) is 12.8 Å². The Hall–Kier alpha value is -3.53. The first-order valence-electron chi connectivity index (χ1n) is 10.9. The number of nitriles is 1. The van der Waals surface area contributed by atoms with Gasteiger partial charge < -0.3 is 20.1 Å². The fraction of sp³-hybridized carbons (Fsp3) is 0.250. The van der Waals surface area contributed by atoms with Crippen molar-refractivity contribution < 1.29 is 37.0 Å². The third kappa shape index (κ3) is 9.31. The minimum Gasteiger partial charge on any atom is -0.475 e. The molecule has 1 aromatic heterocycles. The summed E-state index contributed by atoms with van der Waals surface area (Å²) in [5, 5.41) is 19.1. The molecular weight excluding hydrogens is 591 g/mol. The number of aromatic nitrogens is 2. The summed E-state index contributed by atoms with van der Waals surface area (Å²) in [6.45, 7) is 1.91. The van der Waals surface area contributed by atoms with Crippen LogP contribution in [0.5, 0.6) is 11.5 Å². The first-order chi connectivity index (χ1) is 18.3. The predicted molar refractivity (Wildman–Crippen MR) is 135 cm³/mol. The van der Waals surface area contributed by atoms with Gasteiger partial charge >= 0.3 is 12.1 Å². The molecule has 208 valence electrons. The predicted octanol–water partition coefficient (Wildman–Crippen LogP) is 7.08. The SMILES string of the molecule is CCCCc1nc(Cl)c(C(=O)NCc2ccc(Cl)c(Oc3cc(Cl)cc(C#N)c3)c2F)[nH]1.O=C(O)C(F)(F)F. The van der Waals surface area contributed by atoms with E-state index >= 15 is 4.39 Å². The third-order valence-corrected chi connectivity index (χ3v) is 5.52. The third-order valence-electron chi connectivity index (χ3n) is 4.73. The van der Waals surface area contributed by atoms with E-state index in [1.54, 1.807) is 0 Å². The number of aliphatic carboxylic acids is 1. The Bertz CT molecular complexity index is 1390. The normalized spacial score (nSPS) is 10.7. The average molecular weight is 610 g/mol. The van der Waals surface area contributed by atoms with Gasteiger partial charge in [-0.3, -0.25) is 4.79 Å². The van der Waals surface area contributed by atoms with Crippen LogP contribution in [0.25, 0.3) is 0 Å². The molecule has 0 spiro atoms. The molecule has 3 aromatic rings. The van der Waals surface area contributed by atoms with Crippen LogP contribution in [-0.2, 0) is 17.8 Å². The number of aromatic amines is 1. The number of ether oxygens (including phenoxy) is 1. The first-order valence-corrected chi connectivity index (χ1v) is 12.1. The van der Waals surface area contributed by atoms with Gasteiger partial charge in [-0.05, 0) is 30.7 Å². The van der Waals surface area contributed by atoms with Crippen LogP contribution in [0.3, 0.4) is 0 Å². The minimum atomic E-state index is -5.08. The van der Waals surface area contributed by atoms with Crippen LogP contribution in [0.1, 0.15) is 47.2 Å². The van der Waals surface area contributed by atoms with Gasteiger partial charge in [-0.15, -0.1) is 0 Å². The fourth-order valence-electron chi connectivity index (χ4n) is 2.88. The van der Waals surface area contributed by atoms with Gasteiger partial charge in [0.2, 0.25) is 0 Å². The molecule has 0 bridgehead atoms. The minimum absolute atomic E-state index is 0.0215. The number of benzene rings is 2. The number of carboxylic acid groups (broad SMARTS) is 1. The van der Waals surface area contributed by atoms with Gasteiger partial charge in [0.15, 0.2) is 16.7 Å². The number of amides is 1. The van der Waals surface area contributed by atoms with Crippen molar-refractivity contribution in [2.24, 2.45) is 0 Å². The summed E-state index contributed by atoms with van der Waals surface area (Å²) in [4.78, 5) is 28.4. The van der Waals surface area contributed by atoms with Crippen LogP contribution in [0, 0.1) is 17.1 Å². The number of carbonyl (C=O) groups excluding carboxylic acids is 1. The lowest BCUT2D eigenvalue weighted by molar-refractivity contribution is -0.192. The fourth-order valence-corrected chi connectivity index (χ4v) is 3.53. The molecule has 0 aliphatic rings. The highest BCUT2D eigenvalue weighted by Gasteiger charge is 2.38. The second-order valence-electron chi connectivity index (χ2n) is 7.68. The van der Waals surface area contributed by atoms with Crippen LogP contribution in [0.4, 0.5) is 17.6 Å². The molecule has 0 atom stereocenters. The van der Waals surface area contributed by atoms with E-state index in [1.807, 2.05) is 13.0 Å². The van der Waals surface area contributed by atoms with Gasteiger partial charge in [-0.25, -0.2) is 14.2 Å². The van der Waals surface area contributed by atoms with Gasteiger partial charge in [-0.2, -0.15) is 18.4 Å². The number of aryl methyl sites for hydroxylation is 1. The molecule has 1 amide bonds. The molecule has 0 aliphatic carbocycles. The van der Waals surface area contributed by atoms with E-state index in [1.165, 1.54) is 30.3 Å². The molecule has 3 rings (SSSR count). The van der Waals surface area contributed by atoms with Crippen LogP contribution in [0.2, 0.25) is 15.2 Å². The summed E-state index contributed by atoms with van der Waals surface area (Å²) < 4.78 is 52.4. The second-order valence-corrected chi connectivity index (χ2v) is 8.88. The number of alkyl halides is 3. The van der Waals surface area contributed by atoms with Crippen molar-refractivity contribution in [1.29, 1.82) is 5.26 Å². The van der Waals surface area contributed by atoms with E-state index in [9.17, 15) is 18.0 Å². The number of hydrogen-bond donors (Lipinski definition) is 3. The smallest absolute Gasteiger partial charge is 0.475 e. The lowest BCUT2D eigenvalue weighted by atomic mass is 10.2. The number of carboxylic acids is 1. The maximum absolute atomic E-state index is 15.1. The maximum Gasteiger partial charge on any atom is 0.490 e. The molecule has 2 aromatic carbocycles. The summed E-state index contributed by atoms with van der Waals surface area (Å²) in [6.07, 6.45) is -2.52. The van der Waals surface area contributed by atoms with Crippen LogP contribution >= 0.6 is 34.8 Å². The molecule has 3 N–H and O–H groups in total. The largest absolute Gasteiger partial charge is 0.490 e. The summed E-state index contributed by atoms with van der Waals surface area (Å²) in [6, 6.07) is 9.12. The standard InChI is InChI=1S/C22H18Cl3FN4O2.C2HF3O2/c1-2-3-4-17-29-19(21(25)30-17)22(31)28-11-13-5-6-16(24)20(18(13)26)32-15-8-12(10-27)7-14(23)9-15;3-2(4,5)1(6)7/h5-9H,2-4,11H2,1H3,(H,28,31)(H,29,30);(H,6,7). The highest BCUT2D eigenvalue weighted by atomic mass is 35.5. The van der Waals surface area contributed by atoms with Gasteiger partial charge in [0.05, 0.1) is 16.7 Å². The Kier molecular flexibility index (Phi) is 11.4. The molecular formula is C24H19Cl3F4N4O4. The number of carbonyl (C=O) groups is 2. The average Bonchev–Trinajstić information content (AvgIpc) is 3.24. The van der Waals surface area contributed by atoms with Crippen molar-refractivity contribution in [3.63, 3.8) is 0 Å². The molecule has 1 heterocycles. The molecule has 39 heavy (non-hydrogen) atoms. The van der Waals surface area contributed by atoms with Crippen molar-refractivity contribution >= 4 is 46.7 Å². The van der Waals surface area contributed by atoms with Crippen molar-refractivity contribution in [2.45, 2.75) is 38.9 Å². The van der Waals surface area contributed by atoms with E-state index in [-0.39, 0.29) is 50.1 Å². The van der Waals surface area contributed by atoms with Crippen molar-refractivity contribution in [2.75, 3.05) is 0 Å². The van der Waals surface area contributed by atoms with Crippen molar-refractivity contribution in [3.05, 3.63) is 74.0 Å². The molecule has 0 saturated carbocycles. The summed E-state index contributed by atoms with van der Waals surface area (Å²) >= 11 is 18.1. The number of unbranched alkanes of at least 4 members (excludes halogenated alkanes) is 1. The van der Waals surface area contributed by atoms with Crippen LogP contribution < -0.4 is 10.1 Å². The number of hydrogen-bond acceptors (Lipinski definition) is 5. The summed E-state index contributed by atoms with van der Waals surface area (Å²) in [5.74, 6) is -3.50. The zero-order chi connectivity index (χ0) is 29.3. The second kappa shape index (κ2) is 14.0. The number of imidazole rings is 1. The Balaban J connectivity index is 0.000000673. The van der Waals surface area contributed by atoms with Crippen LogP contribution in [-0.4, -0.2) is 33.1 Å². The van der Waals surface area contributed by atoms with E-state index in [4.69, 9.17) is 54.7 Å². The van der Waals surface area contributed by atoms with E-state index in [2.05, 4.69) is 15.3 Å². The Morgan fingerprint density at radius 1 is 1.21 bits per heavy atom. The number of H-pyrrole nitrogens is 1. The molecule has 15 heteroatoms. The van der Waals surface area contributed by atoms with Gasteiger partial charge in [0, 0.05) is 23.6 Å². The Morgan fingerprint density at radius 3 is 2.46 bits per heavy atom. The monoisotopic (exact) mass is 608 g/mol. The number of rotatable bonds is 8. The zero-order valence-electron chi connectivity index (χ0n) is 19.9. The number of nitrogens with one attached hydrogen (secondary N) is 2. The highest BCUT2D eigenvalue weighted by Crippen LogP contribution is 2.35. The number of halogens is 7. The van der Waals surface area contributed by atoms with Crippen molar-refractivity contribution in [1.82, 2.24) is 15.3 Å². The van der Waals surface area contributed by atoms with Gasteiger partial charge in [0.25, 0.3) is 5.91 Å². The van der Waals surface area contributed by atoms with Crippen LogP contribution in [0.15, 0.2) is 30.3 Å². The molecule has 0 aliphatic heterocycles. The van der Waals surface area contributed by atoms with E-state index < -0.39 is 23.9 Å². The zero-order valence-corrected chi connectivity index (χ0v) is 22.2. The van der Waals surface area contributed by atoms with Gasteiger partial charge in [-0.1, -0.05) is 54.2 Å². The summed E-state index contributed by atoms with van der Waals surface area (Å²) in [7, 11) is 0. The van der Waals surface area contributed by atoms with E-state index in [0.29, 0.717) is 12.2 Å². The van der Waals surface area contributed by atoms with Gasteiger partial charge in [0.1, 0.15) is 17.3 Å².